The highest BCUT2D eigenvalue weighted by Crippen LogP contribution is 2.58. The molecule has 0 spiro atoms. The highest BCUT2D eigenvalue weighted by Gasteiger charge is 2.67. The molecule has 4 nitrogen and oxygen atoms in total. The van der Waals surface area contributed by atoms with Gasteiger partial charge < -0.3 is 9.16 Å². The first-order valence-corrected chi connectivity index (χ1v) is 11.8. The van der Waals surface area contributed by atoms with E-state index in [1.807, 2.05) is 6.92 Å². The van der Waals surface area contributed by atoms with Gasteiger partial charge in [0.15, 0.2) is 13.9 Å². The molecule has 0 saturated heterocycles. The first kappa shape index (κ1) is 17.7. The van der Waals surface area contributed by atoms with Gasteiger partial charge in [0, 0.05) is 23.7 Å². The fraction of sp³-hybridized carbons (Fsp3) is 0.882. The second kappa shape index (κ2) is 5.75. The Hall–Kier alpha value is -0.683. The van der Waals surface area contributed by atoms with Gasteiger partial charge in [-0.2, -0.15) is 0 Å². The molecule has 0 aromatic carbocycles. The Morgan fingerprint density at radius 3 is 2.45 bits per heavy atom. The van der Waals surface area contributed by atoms with Crippen LogP contribution in [0.1, 0.15) is 46.0 Å². The molecule has 2 aliphatic rings. The average Bonchev–Trinajstić information content (AvgIpc) is 2.41. The van der Waals surface area contributed by atoms with Crippen molar-refractivity contribution in [3.05, 3.63) is 0 Å². The topological polar surface area (TPSA) is 52.6 Å². The van der Waals surface area contributed by atoms with Crippen LogP contribution >= 0.6 is 0 Å². The van der Waals surface area contributed by atoms with Gasteiger partial charge in [-0.1, -0.05) is 26.7 Å². The van der Waals surface area contributed by atoms with E-state index in [0.29, 0.717) is 12.2 Å². The Balaban J connectivity index is 2.60. The minimum Gasteiger partial charge on any atom is -0.467 e. The predicted molar refractivity (Wildman–Crippen MR) is 88.0 cm³/mol. The molecular weight excluding hydrogens is 296 g/mol. The molecule has 0 aromatic heterocycles. The molecule has 4 atom stereocenters. The van der Waals surface area contributed by atoms with Crippen LogP contribution in [0.5, 0.6) is 0 Å². The molecular formula is C17H30O4Si. The molecule has 0 heterocycles. The maximum atomic E-state index is 12.9. The zero-order chi connectivity index (χ0) is 16.8. The van der Waals surface area contributed by atoms with E-state index in [4.69, 9.17) is 9.16 Å². The summed E-state index contributed by atoms with van der Waals surface area (Å²) in [6.45, 7) is 10.4. The lowest BCUT2D eigenvalue weighted by atomic mass is 9.50. The second-order valence-corrected chi connectivity index (χ2v) is 12.7. The molecule has 126 valence electrons. The quantitative estimate of drug-likeness (QED) is 0.588. The SMILES string of the molecule is COC(=O)[C@@]1(O[Si](C)(C)C)[C@H](C)CC(=O)[C@H]2CCCC[C@@]21C. The van der Waals surface area contributed by atoms with E-state index in [1.54, 1.807) is 0 Å². The Morgan fingerprint density at radius 2 is 1.91 bits per heavy atom. The minimum atomic E-state index is -2.00. The summed E-state index contributed by atoms with van der Waals surface area (Å²) in [4.78, 5) is 25.5. The van der Waals surface area contributed by atoms with Gasteiger partial charge in [-0.05, 0) is 32.5 Å². The fourth-order valence-electron chi connectivity index (χ4n) is 4.77. The van der Waals surface area contributed by atoms with E-state index in [2.05, 4.69) is 26.6 Å². The average molecular weight is 327 g/mol. The van der Waals surface area contributed by atoms with Crippen LogP contribution in [0.2, 0.25) is 19.6 Å². The van der Waals surface area contributed by atoms with Crippen molar-refractivity contribution in [1.82, 2.24) is 0 Å². The van der Waals surface area contributed by atoms with E-state index < -0.39 is 19.3 Å². The first-order chi connectivity index (χ1) is 10.1. The molecule has 0 unspecified atom stereocenters. The van der Waals surface area contributed by atoms with Gasteiger partial charge in [0.1, 0.15) is 5.78 Å². The maximum Gasteiger partial charge on any atom is 0.337 e. The third-order valence-corrected chi connectivity index (χ3v) is 6.54. The molecule has 0 N–H and O–H groups in total. The molecule has 0 bridgehead atoms. The van der Waals surface area contributed by atoms with Crippen LogP contribution in [0.3, 0.4) is 0 Å². The van der Waals surface area contributed by atoms with E-state index in [9.17, 15) is 9.59 Å². The summed E-state index contributed by atoms with van der Waals surface area (Å²) in [5.74, 6) is -0.204. The van der Waals surface area contributed by atoms with E-state index in [1.165, 1.54) is 7.11 Å². The number of carbonyl (C=O) groups is 2. The highest BCUT2D eigenvalue weighted by atomic mass is 28.4. The van der Waals surface area contributed by atoms with E-state index >= 15 is 0 Å². The molecule has 2 aliphatic carbocycles. The Kier molecular flexibility index (Phi) is 4.62. The van der Waals surface area contributed by atoms with Crippen molar-refractivity contribution in [2.24, 2.45) is 17.3 Å². The Morgan fingerprint density at radius 1 is 1.27 bits per heavy atom. The number of hydrogen-bond acceptors (Lipinski definition) is 4. The van der Waals surface area contributed by atoms with E-state index in [0.717, 1.165) is 25.7 Å². The summed E-state index contributed by atoms with van der Waals surface area (Å²) in [5.41, 5.74) is -1.43. The molecule has 2 rings (SSSR count). The lowest BCUT2D eigenvalue weighted by molar-refractivity contribution is -0.205. The van der Waals surface area contributed by atoms with Crippen LogP contribution in [0.15, 0.2) is 0 Å². The van der Waals surface area contributed by atoms with Gasteiger partial charge in [0.2, 0.25) is 0 Å². The van der Waals surface area contributed by atoms with Gasteiger partial charge in [0.05, 0.1) is 7.11 Å². The normalized spacial score (nSPS) is 39.3. The summed E-state index contributed by atoms with van der Waals surface area (Å²) < 4.78 is 11.8. The van der Waals surface area contributed by atoms with Crippen LogP contribution in [0.25, 0.3) is 0 Å². The van der Waals surface area contributed by atoms with Gasteiger partial charge >= 0.3 is 5.97 Å². The number of fused-ring (bicyclic) bond motifs is 1. The van der Waals surface area contributed by atoms with Crippen molar-refractivity contribution in [3.63, 3.8) is 0 Å². The first-order valence-electron chi connectivity index (χ1n) is 8.40. The molecule has 0 radical (unpaired) electrons. The minimum absolute atomic E-state index is 0.0760. The number of esters is 1. The molecule has 2 saturated carbocycles. The summed E-state index contributed by atoms with van der Waals surface area (Å²) in [6, 6.07) is 0. The highest BCUT2D eigenvalue weighted by molar-refractivity contribution is 6.70. The van der Waals surface area contributed by atoms with Crippen molar-refractivity contribution in [1.29, 1.82) is 0 Å². The molecule has 22 heavy (non-hydrogen) atoms. The fourth-order valence-corrected chi connectivity index (χ4v) is 6.26. The summed E-state index contributed by atoms with van der Waals surface area (Å²) in [5, 5.41) is 0. The predicted octanol–water partition coefficient (Wildman–Crippen LogP) is 3.56. The van der Waals surface area contributed by atoms with Crippen LogP contribution in [0, 0.1) is 17.3 Å². The number of rotatable bonds is 3. The van der Waals surface area contributed by atoms with Crippen LogP contribution < -0.4 is 0 Å². The number of ether oxygens (including phenoxy) is 1. The van der Waals surface area contributed by atoms with Crippen LogP contribution in [-0.4, -0.2) is 32.8 Å². The van der Waals surface area contributed by atoms with Crippen molar-refractivity contribution in [2.45, 2.75) is 71.2 Å². The second-order valence-electron chi connectivity index (χ2n) is 8.23. The molecule has 0 amide bonds. The number of hydrogen-bond donors (Lipinski definition) is 0. The van der Waals surface area contributed by atoms with E-state index in [-0.39, 0.29) is 17.8 Å². The molecule has 5 heteroatoms. The number of Topliss-reactive ketones (excluding diaryl/α,β-unsaturated/α-hetero) is 1. The van der Waals surface area contributed by atoms with Gasteiger partial charge in [-0.25, -0.2) is 4.79 Å². The largest absolute Gasteiger partial charge is 0.467 e. The third-order valence-electron chi connectivity index (χ3n) is 5.60. The van der Waals surface area contributed by atoms with Crippen LogP contribution in [0.4, 0.5) is 0 Å². The third kappa shape index (κ3) is 2.56. The van der Waals surface area contributed by atoms with Crippen molar-refractivity contribution in [2.75, 3.05) is 7.11 Å². The lowest BCUT2D eigenvalue weighted by Gasteiger charge is -2.59. The lowest BCUT2D eigenvalue weighted by Crippen LogP contribution is -2.69. The van der Waals surface area contributed by atoms with Gasteiger partial charge in [-0.15, -0.1) is 0 Å². The molecule has 2 fully saturated rings. The van der Waals surface area contributed by atoms with Crippen molar-refractivity contribution < 1.29 is 18.8 Å². The molecule has 0 aromatic rings. The van der Waals surface area contributed by atoms with Crippen molar-refractivity contribution in [3.8, 4) is 0 Å². The van der Waals surface area contributed by atoms with Gasteiger partial charge in [0.25, 0.3) is 0 Å². The zero-order valence-electron chi connectivity index (χ0n) is 14.8. The standard InChI is InChI=1S/C17H30O4Si/c1-12-11-14(18)13-9-7-8-10-16(13,2)17(12,15(19)20-3)21-22(4,5)6/h12-13H,7-11H2,1-6H3/t12-,13-,16+,17+/m1/s1. The number of carbonyl (C=O) groups excluding carboxylic acids is 2. The smallest absolute Gasteiger partial charge is 0.337 e. The summed E-state index contributed by atoms with van der Waals surface area (Å²) in [7, 11) is -0.563. The number of methoxy groups -OCH3 is 1. The molecule has 0 aliphatic heterocycles. The monoisotopic (exact) mass is 326 g/mol. The van der Waals surface area contributed by atoms with Crippen LogP contribution in [-0.2, 0) is 18.8 Å². The maximum absolute atomic E-state index is 12.9. The summed E-state index contributed by atoms with van der Waals surface area (Å²) >= 11 is 0. The van der Waals surface area contributed by atoms with Crippen molar-refractivity contribution >= 4 is 20.1 Å². The Bertz CT molecular complexity index is 470. The number of ketones is 1. The van der Waals surface area contributed by atoms with Gasteiger partial charge in [-0.3, -0.25) is 4.79 Å². The Labute approximate surface area is 135 Å². The zero-order valence-corrected chi connectivity index (χ0v) is 15.8. The summed E-state index contributed by atoms with van der Waals surface area (Å²) in [6.07, 6.45) is 4.24.